The van der Waals surface area contributed by atoms with Crippen molar-refractivity contribution in [2.24, 2.45) is 11.3 Å². The minimum atomic E-state index is -2.76. The first kappa shape index (κ1) is 15.0. The monoisotopic (exact) mass is 261 g/mol. The maximum atomic E-state index is 11.6. The average molecular weight is 261 g/mol. The van der Waals surface area contributed by atoms with Crippen molar-refractivity contribution in [3.63, 3.8) is 0 Å². The molecule has 1 unspecified atom stereocenters. The molecule has 0 aromatic heterocycles. The smallest absolute Gasteiger partial charge is 0.150 e. The van der Waals surface area contributed by atoms with Crippen molar-refractivity contribution in [1.29, 1.82) is 0 Å². The van der Waals surface area contributed by atoms with E-state index < -0.39 is 9.84 Å². The maximum absolute atomic E-state index is 11.6. The van der Waals surface area contributed by atoms with Gasteiger partial charge in [-0.1, -0.05) is 20.8 Å². The molecule has 1 N–H and O–H groups in total. The van der Waals surface area contributed by atoms with Crippen molar-refractivity contribution < 1.29 is 8.42 Å². The van der Waals surface area contributed by atoms with Crippen LogP contribution in [0.2, 0.25) is 0 Å². The third kappa shape index (κ3) is 3.68. The van der Waals surface area contributed by atoms with Crippen LogP contribution in [0.4, 0.5) is 0 Å². The van der Waals surface area contributed by atoms with E-state index in [4.69, 9.17) is 0 Å². The van der Waals surface area contributed by atoms with E-state index in [-0.39, 0.29) is 5.41 Å². The molecule has 17 heavy (non-hydrogen) atoms. The molecule has 0 aromatic carbocycles. The Hall–Kier alpha value is -0.0900. The van der Waals surface area contributed by atoms with Crippen molar-refractivity contribution in [3.05, 3.63) is 0 Å². The van der Waals surface area contributed by atoms with E-state index in [0.29, 0.717) is 17.4 Å². The fourth-order valence-electron chi connectivity index (χ4n) is 3.01. The highest BCUT2D eigenvalue weighted by molar-refractivity contribution is 7.91. The van der Waals surface area contributed by atoms with Gasteiger partial charge in [-0.3, -0.25) is 0 Å². The first-order valence-electron chi connectivity index (χ1n) is 6.90. The van der Waals surface area contributed by atoms with E-state index in [1.54, 1.807) is 0 Å². The van der Waals surface area contributed by atoms with Crippen LogP contribution in [0.3, 0.4) is 0 Å². The van der Waals surface area contributed by atoms with Gasteiger partial charge in [0.1, 0.15) is 0 Å². The molecule has 1 fully saturated rings. The lowest BCUT2D eigenvalue weighted by molar-refractivity contribution is 0.155. The third-order valence-corrected chi connectivity index (χ3v) is 6.18. The zero-order valence-electron chi connectivity index (χ0n) is 11.5. The fraction of sp³-hybridized carbons (Fsp3) is 1.00. The molecule has 0 spiro atoms. The van der Waals surface area contributed by atoms with Gasteiger partial charge in [-0.15, -0.1) is 0 Å². The van der Waals surface area contributed by atoms with Gasteiger partial charge >= 0.3 is 0 Å². The van der Waals surface area contributed by atoms with Gasteiger partial charge in [0, 0.05) is 6.54 Å². The molecule has 1 aliphatic rings. The SMILES string of the molecule is CCCNCC(CC)(CC)C1CCS(=O)(=O)C1. The highest BCUT2D eigenvalue weighted by Crippen LogP contribution is 2.41. The minimum Gasteiger partial charge on any atom is -0.316 e. The van der Waals surface area contributed by atoms with Crippen molar-refractivity contribution in [2.45, 2.75) is 46.5 Å². The zero-order chi connectivity index (χ0) is 12.9. The Bertz CT molecular complexity index is 320. The van der Waals surface area contributed by atoms with Crippen LogP contribution in [0.5, 0.6) is 0 Å². The van der Waals surface area contributed by atoms with Gasteiger partial charge in [0.25, 0.3) is 0 Å². The quantitative estimate of drug-likeness (QED) is 0.715. The molecule has 102 valence electrons. The summed E-state index contributed by atoms with van der Waals surface area (Å²) in [6.45, 7) is 8.55. The molecule has 0 radical (unpaired) electrons. The van der Waals surface area contributed by atoms with Crippen LogP contribution in [0, 0.1) is 11.3 Å². The van der Waals surface area contributed by atoms with Crippen LogP contribution in [-0.2, 0) is 9.84 Å². The van der Waals surface area contributed by atoms with Gasteiger partial charge in [0.2, 0.25) is 0 Å². The Morgan fingerprint density at radius 1 is 1.24 bits per heavy atom. The lowest BCUT2D eigenvalue weighted by Crippen LogP contribution is -2.40. The maximum Gasteiger partial charge on any atom is 0.150 e. The van der Waals surface area contributed by atoms with Crippen molar-refractivity contribution in [2.75, 3.05) is 24.6 Å². The highest BCUT2D eigenvalue weighted by atomic mass is 32.2. The Morgan fingerprint density at radius 2 is 1.88 bits per heavy atom. The summed E-state index contributed by atoms with van der Waals surface area (Å²) in [7, 11) is -2.76. The second kappa shape index (κ2) is 6.19. The molecule has 1 rings (SSSR count). The second-order valence-corrected chi connectivity index (χ2v) is 7.57. The number of sulfone groups is 1. The molecule has 1 heterocycles. The van der Waals surface area contributed by atoms with Crippen LogP contribution in [-0.4, -0.2) is 33.0 Å². The largest absolute Gasteiger partial charge is 0.316 e. The summed E-state index contributed by atoms with van der Waals surface area (Å²) in [5.74, 6) is 1.15. The van der Waals surface area contributed by atoms with Gasteiger partial charge in [-0.2, -0.15) is 0 Å². The van der Waals surface area contributed by atoms with Crippen molar-refractivity contribution >= 4 is 9.84 Å². The Kier molecular flexibility index (Phi) is 5.45. The number of hydrogen-bond donors (Lipinski definition) is 1. The fourth-order valence-corrected chi connectivity index (χ4v) is 4.96. The molecule has 0 saturated carbocycles. The zero-order valence-corrected chi connectivity index (χ0v) is 12.3. The molecule has 0 aromatic rings. The van der Waals surface area contributed by atoms with Crippen molar-refractivity contribution in [1.82, 2.24) is 5.32 Å². The summed E-state index contributed by atoms with van der Waals surface area (Å²) in [4.78, 5) is 0. The predicted molar refractivity (Wildman–Crippen MR) is 72.9 cm³/mol. The van der Waals surface area contributed by atoms with E-state index in [0.717, 1.165) is 38.8 Å². The Balaban J connectivity index is 2.70. The summed E-state index contributed by atoms with van der Waals surface area (Å²) in [6, 6.07) is 0. The highest BCUT2D eigenvalue weighted by Gasteiger charge is 2.41. The standard InChI is InChI=1S/C13H27NO2S/c1-4-8-14-11-13(5-2,6-3)12-7-9-17(15,16)10-12/h12,14H,4-11H2,1-3H3. The molecule has 1 atom stereocenters. The molecular weight excluding hydrogens is 234 g/mol. The van der Waals surface area contributed by atoms with Gasteiger partial charge in [0.15, 0.2) is 9.84 Å². The summed E-state index contributed by atoms with van der Waals surface area (Å²) < 4.78 is 23.3. The van der Waals surface area contributed by atoms with Crippen molar-refractivity contribution in [3.8, 4) is 0 Å². The van der Waals surface area contributed by atoms with E-state index in [9.17, 15) is 8.42 Å². The molecule has 3 nitrogen and oxygen atoms in total. The molecule has 1 aliphatic heterocycles. The van der Waals surface area contributed by atoms with Gasteiger partial charge in [-0.05, 0) is 43.6 Å². The molecule has 0 bridgehead atoms. The van der Waals surface area contributed by atoms with Crippen LogP contribution in [0.1, 0.15) is 46.5 Å². The molecule has 0 aliphatic carbocycles. The molecule has 1 saturated heterocycles. The number of hydrogen-bond acceptors (Lipinski definition) is 3. The van der Waals surface area contributed by atoms with Crippen LogP contribution in [0.25, 0.3) is 0 Å². The van der Waals surface area contributed by atoms with Gasteiger partial charge in [-0.25, -0.2) is 8.42 Å². The third-order valence-electron chi connectivity index (χ3n) is 4.41. The predicted octanol–water partition coefficient (Wildman–Crippen LogP) is 2.23. The van der Waals surface area contributed by atoms with Crippen LogP contribution < -0.4 is 5.32 Å². The average Bonchev–Trinajstić information content (AvgIpc) is 2.66. The summed E-state index contributed by atoms with van der Waals surface area (Å²) in [6.07, 6.45) is 4.13. The Morgan fingerprint density at radius 3 is 2.29 bits per heavy atom. The summed E-state index contributed by atoms with van der Waals surface area (Å²) in [5, 5.41) is 3.49. The van der Waals surface area contributed by atoms with Gasteiger partial charge < -0.3 is 5.32 Å². The van der Waals surface area contributed by atoms with E-state index in [2.05, 4.69) is 26.1 Å². The number of rotatable bonds is 7. The van der Waals surface area contributed by atoms with Gasteiger partial charge in [0.05, 0.1) is 11.5 Å². The topological polar surface area (TPSA) is 46.2 Å². The van der Waals surface area contributed by atoms with E-state index >= 15 is 0 Å². The van der Waals surface area contributed by atoms with E-state index in [1.165, 1.54) is 0 Å². The van der Waals surface area contributed by atoms with E-state index in [1.807, 2.05) is 0 Å². The molecule has 0 amide bonds. The second-order valence-electron chi connectivity index (χ2n) is 5.35. The lowest BCUT2D eigenvalue weighted by atomic mass is 9.71. The number of nitrogens with one attached hydrogen (secondary N) is 1. The van der Waals surface area contributed by atoms with Crippen LogP contribution >= 0.6 is 0 Å². The summed E-state index contributed by atoms with van der Waals surface area (Å²) >= 11 is 0. The first-order valence-corrected chi connectivity index (χ1v) is 8.73. The Labute approximate surface area is 106 Å². The molecule has 4 heteroatoms. The lowest BCUT2D eigenvalue weighted by Gasteiger charge is -2.37. The molecular formula is C13H27NO2S. The first-order chi connectivity index (χ1) is 7.99. The summed E-state index contributed by atoms with van der Waals surface area (Å²) in [5.41, 5.74) is 0.179. The minimum absolute atomic E-state index is 0.179. The van der Waals surface area contributed by atoms with Crippen LogP contribution in [0.15, 0.2) is 0 Å². The normalized spacial score (nSPS) is 24.1.